The summed E-state index contributed by atoms with van der Waals surface area (Å²) < 4.78 is 0. The number of aryl methyl sites for hydroxylation is 1. The van der Waals surface area contributed by atoms with Gasteiger partial charge in [0.05, 0.1) is 5.52 Å². The van der Waals surface area contributed by atoms with Crippen LogP contribution < -0.4 is 4.90 Å². The van der Waals surface area contributed by atoms with Crippen molar-refractivity contribution in [1.29, 1.82) is 0 Å². The van der Waals surface area contributed by atoms with Gasteiger partial charge in [-0.15, -0.1) is 0 Å². The van der Waals surface area contributed by atoms with E-state index in [1.54, 1.807) is 12.5 Å². The number of aromatic nitrogens is 3. The van der Waals surface area contributed by atoms with E-state index in [0.29, 0.717) is 6.04 Å². The van der Waals surface area contributed by atoms with Gasteiger partial charge in [-0.05, 0) is 44.0 Å². The lowest BCUT2D eigenvalue weighted by Gasteiger charge is -2.37. The van der Waals surface area contributed by atoms with Crippen LogP contribution in [0.25, 0.3) is 10.9 Å². The number of anilines is 1. The maximum absolute atomic E-state index is 12.9. The van der Waals surface area contributed by atoms with Crippen LogP contribution in [0.5, 0.6) is 0 Å². The number of amides is 1. The van der Waals surface area contributed by atoms with Gasteiger partial charge in [0, 0.05) is 55.1 Å². The van der Waals surface area contributed by atoms with Crippen molar-refractivity contribution in [3.63, 3.8) is 0 Å². The number of hydrogen-bond acceptors (Lipinski definition) is 5. The normalized spacial score (nSPS) is 15.1. The second-order valence-electron chi connectivity index (χ2n) is 7.06. The van der Waals surface area contributed by atoms with Gasteiger partial charge in [-0.3, -0.25) is 9.78 Å². The van der Waals surface area contributed by atoms with Gasteiger partial charge >= 0.3 is 0 Å². The molecule has 0 aliphatic carbocycles. The third kappa shape index (κ3) is 3.60. The lowest BCUT2D eigenvalue weighted by Crippen LogP contribution is -2.45. The van der Waals surface area contributed by atoms with Crippen molar-refractivity contribution in [2.24, 2.45) is 0 Å². The number of fused-ring (bicyclic) bond motifs is 1. The molecule has 1 saturated heterocycles. The predicted octanol–water partition coefficient (Wildman–Crippen LogP) is 3.07. The highest BCUT2D eigenvalue weighted by molar-refractivity contribution is 5.98. The Balaban J connectivity index is 1.43. The molecule has 6 nitrogen and oxygen atoms in total. The molecule has 1 fully saturated rings. The number of carbonyl (C=O) groups excluding carboxylic acids is 1. The first-order chi connectivity index (χ1) is 13.1. The van der Waals surface area contributed by atoms with Gasteiger partial charge < -0.3 is 9.80 Å². The zero-order chi connectivity index (χ0) is 18.8. The average molecular weight is 361 g/mol. The molecule has 6 heteroatoms. The van der Waals surface area contributed by atoms with Crippen LogP contribution in [0.1, 0.15) is 28.9 Å². The lowest BCUT2D eigenvalue weighted by atomic mass is 10.0. The fourth-order valence-electron chi connectivity index (χ4n) is 3.67. The van der Waals surface area contributed by atoms with E-state index in [1.807, 2.05) is 48.2 Å². The van der Waals surface area contributed by atoms with Gasteiger partial charge in [0.25, 0.3) is 5.91 Å². The van der Waals surface area contributed by atoms with E-state index in [1.165, 1.54) is 0 Å². The first-order valence-electron chi connectivity index (χ1n) is 9.27. The summed E-state index contributed by atoms with van der Waals surface area (Å²) in [5, 5.41) is 0.997. The SMILES string of the molecule is Cc1cc(N(C)C2CCN(C(=O)c3ccc4ncccc4c3)CC2)ncn1. The Morgan fingerprint density at radius 2 is 1.93 bits per heavy atom. The molecule has 1 aliphatic heterocycles. The van der Waals surface area contributed by atoms with E-state index in [9.17, 15) is 4.79 Å². The number of rotatable bonds is 3. The number of likely N-dealkylation sites (tertiary alicyclic amines) is 1. The first kappa shape index (κ1) is 17.4. The highest BCUT2D eigenvalue weighted by Crippen LogP contribution is 2.22. The number of nitrogens with zero attached hydrogens (tertiary/aromatic N) is 5. The Hall–Kier alpha value is -3.02. The Morgan fingerprint density at radius 1 is 1.11 bits per heavy atom. The van der Waals surface area contributed by atoms with Crippen LogP contribution in [-0.2, 0) is 0 Å². The van der Waals surface area contributed by atoms with Gasteiger partial charge in [0.1, 0.15) is 12.1 Å². The minimum atomic E-state index is 0.0970. The highest BCUT2D eigenvalue weighted by Gasteiger charge is 2.26. The molecule has 0 atom stereocenters. The largest absolute Gasteiger partial charge is 0.356 e. The summed E-state index contributed by atoms with van der Waals surface area (Å²) in [5.41, 5.74) is 2.61. The van der Waals surface area contributed by atoms with Crippen LogP contribution in [-0.4, -0.2) is 51.9 Å². The van der Waals surface area contributed by atoms with Crippen LogP contribution in [0.2, 0.25) is 0 Å². The molecular formula is C21H23N5O. The standard InChI is InChI=1S/C21H23N5O/c1-15-12-20(24-14-23-15)25(2)18-7-10-26(11-8-18)21(27)17-5-6-19-16(13-17)4-3-9-22-19/h3-6,9,12-14,18H,7-8,10-11H2,1-2H3. The molecule has 1 amide bonds. The molecule has 0 radical (unpaired) electrons. The van der Waals surface area contributed by atoms with E-state index in [-0.39, 0.29) is 5.91 Å². The Kier molecular flexibility index (Phi) is 4.71. The maximum Gasteiger partial charge on any atom is 0.253 e. The van der Waals surface area contributed by atoms with Gasteiger partial charge in [-0.25, -0.2) is 9.97 Å². The molecule has 138 valence electrons. The summed E-state index contributed by atoms with van der Waals surface area (Å²) in [4.78, 5) is 29.9. The average Bonchev–Trinajstić information content (AvgIpc) is 2.72. The molecule has 1 aliphatic rings. The van der Waals surface area contributed by atoms with Crippen molar-refractivity contribution in [3.05, 3.63) is 60.2 Å². The van der Waals surface area contributed by atoms with E-state index < -0.39 is 0 Å². The summed E-state index contributed by atoms with van der Waals surface area (Å²) >= 11 is 0. The van der Waals surface area contributed by atoms with Crippen molar-refractivity contribution in [2.45, 2.75) is 25.8 Å². The molecule has 2 aromatic heterocycles. The molecule has 3 aromatic rings. The summed E-state index contributed by atoms with van der Waals surface area (Å²) in [5.74, 6) is 1.04. The van der Waals surface area contributed by atoms with Crippen LogP contribution in [0.3, 0.4) is 0 Å². The summed E-state index contributed by atoms with van der Waals surface area (Å²) in [6.45, 7) is 3.48. The van der Waals surface area contributed by atoms with Gasteiger partial charge in [0.15, 0.2) is 0 Å². The number of piperidine rings is 1. The Bertz CT molecular complexity index is 965. The van der Waals surface area contributed by atoms with Gasteiger partial charge in [-0.1, -0.05) is 6.07 Å². The summed E-state index contributed by atoms with van der Waals surface area (Å²) in [6.07, 6.45) is 5.24. The minimum Gasteiger partial charge on any atom is -0.356 e. The quantitative estimate of drug-likeness (QED) is 0.717. The number of pyridine rings is 1. The molecule has 3 heterocycles. The smallest absolute Gasteiger partial charge is 0.253 e. The fraction of sp³-hybridized carbons (Fsp3) is 0.333. The third-order valence-electron chi connectivity index (χ3n) is 5.30. The summed E-state index contributed by atoms with van der Waals surface area (Å²) in [6, 6.07) is 12.0. The molecule has 0 spiro atoms. The second kappa shape index (κ2) is 7.31. The van der Waals surface area contributed by atoms with Crippen LogP contribution in [0.15, 0.2) is 48.9 Å². The second-order valence-corrected chi connectivity index (χ2v) is 7.06. The molecule has 4 rings (SSSR count). The van der Waals surface area contributed by atoms with Crippen LogP contribution >= 0.6 is 0 Å². The molecule has 0 saturated carbocycles. The molecule has 1 aromatic carbocycles. The monoisotopic (exact) mass is 361 g/mol. The zero-order valence-electron chi connectivity index (χ0n) is 15.7. The number of hydrogen-bond donors (Lipinski definition) is 0. The minimum absolute atomic E-state index is 0.0970. The molecule has 0 unspecified atom stereocenters. The molecule has 0 N–H and O–H groups in total. The number of carbonyl (C=O) groups is 1. The maximum atomic E-state index is 12.9. The van der Waals surface area contributed by atoms with Crippen molar-refractivity contribution in [2.75, 3.05) is 25.0 Å². The highest BCUT2D eigenvalue weighted by atomic mass is 16.2. The van der Waals surface area contributed by atoms with Crippen molar-refractivity contribution in [1.82, 2.24) is 19.9 Å². The van der Waals surface area contributed by atoms with Gasteiger partial charge in [-0.2, -0.15) is 0 Å². The Morgan fingerprint density at radius 3 is 2.70 bits per heavy atom. The fourth-order valence-corrected chi connectivity index (χ4v) is 3.67. The Labute approximate surface area is 158 Å². The topological polar surface area (TPSA) is 62.2 Å². The molecule has 0 bridgehead atoms. The van der Waals surface area contributed by atoms with E-state index in [4.69, 9.17) is 0 Å². The molecular weight excluding hydrogens is 338 g/mol. The van der Waals surface area contributed by atoms with Gasteiger partial charge in [0.2, 0.25) is 0 Å². The van der Waals surface area contributed by atoms with Crippen molar-refractivity contribution < 1.29 is 4.79 Å². The zero-order valence-corrected chi connectivity index (χ0v) is 15.7. The summed E-state index contributed by atoms with van der Waals surface area (Å²) in [7, 11) is 2.07. The van der Waals surface area contributed by atoms with E-state index in [0.717, 1.165) is 53.9 Å². The first-order valence-corrected chi connectivity index (χ1v) is 9.27. The van der Waals surface area contributed by atoms with E-state index >= 15 is 0 Å². The molecule has 27 heavy (non-hydrogen) atoms. The lowest BCUT2D eigenvalue weighted by molar-refractivity contribution is 0.0713. The predicted molar refractivity (Wildman–Crippen MR) is 106 cm³/mol. The van der Waals surface area contributed by atoms with Crippen molar-refractivity contribution >= 4 is 22.6 Å². The van der Waals surface area contributed by atoms with Crippen LogP contribution in [0.4, 0.5) is 5.82 Å². The number of benzene rings is 1. The van der Waals surface area contributed by atoms with Crippen LogP contribution in [0, 0.1) is 6.92 Å². The third-order valence-corrected chi connectivity index (χ3v) is 5.30. The van der Waals surface area contributed by atoms with Crippen molar-refractivity contribution in [3.8, 4) is 0 Å². The van der Waals surface area contributed by atoms with E-state index in [2.05, 4.69) is 26.9 Å².